The molecule has 1 amide bonds. The summed E-state index contributed by atoms with van der Waals surface area (Å²) in [4.78, 5) is 11.8. The Morgan fingerprint density at radius 2 is 1.52 bits per heavy atom. The normalized spacial score (nSPS) is 15.1. The van der Waals surface area contributed by atoms with Gasteiger partial charge >= 0.3 is 6.09 Å². The number of carbonyl (C=O) groups excluding carboxylic acids is 1. The predicted molar refractivity (Wildman–Crippen MR) is 89.5 cm³/mol. The van der Waals surface area contributed by atoms with E-state index < -0.39 is 5.60 Å². The second kappa shape index (κ2) is 9.29. The van der Waals surface area contributed by atoms with Gasteiger partial charge in [0.15, 0.2) is 0 Å². The second-order valence-corrected chi connectivity index (χ2v) is 7.91. The molecule has 2 unspecified atom stereocenters. The Morgan fingerprint density at radius 3 is 1.95 bits per heavy atom. The first-order chi connectivity index (χ1) is 9.49. The highest BCUT2D eigenvalue weighted by molar-refractivity contribution is 5.67. The molecule has 0 rings (SSSR count). The van der Waals surface area contributed by atoms with Gasteiger partial charge in [0.25, 0.3) is 0 Å². The van der Waals surface area contributed by atoms with E-state index in [0.29, 0.717) is 24.4 Å². The van der Waals surface area contributed by atoms with Crippen LogP contribution in [0.4, 0.5) is 4.79 Å². The third kappa shape index (κ3) is 12.7. The largest absolute Gasteiger partial charge is 0.444 e. The monoisotopic (exact) mass is 300 g/mol. The maximum Gasteiger partial charge on any atom is 0.407 e. The minimum absolute atomic E-state index is 0.284. The van der Waals surface area contributed by atoms with E-state index in [-0.39, 0.29) is 12.1 Å². The zero-order valence-electron chi connectivity index (χ0n) is 15.2. The molecule has 0 aromatic carbocycles. The van der Waals surface area contributed by atoms with Crippen molar-refractivity contribution in [3.63, 3.8) is 0 Å². The lowest BCUT2D eigenvalue weighted by Crippen LogP contribution is -2.46. The summed E-state index contributed by atoms with van der Waals surface area (Å²) >= 11 is 0. The number of nitrogens with one attached hydrogen (secondary N) is 2. The summed E-state index contributed by atoms with van der Waals surface area (Å²) in [6.45, 7) is 17.3. The zero-order valence-corrected chi connectivity index (χ0v) is 15.2. The Bertz CT molecular complexity index is 296. The van der Waals surface area contributed by atoms with Crippen LogP contribution in [-0.2, 0) is 4.74 Å². The number of carbonyl (C=O) groups is 1. The van der Waals surface area contributed by atoms with Gasteiger partial charge in [-0.3, -0.25) is 0 Å². The minimum Gasteiger partial charge on any atom is -0.444 e. The third-order valence-electron chi connectivity index (χ3n) is 2.99. The van der Waals surface area contributed by atoms with Gasteiger partial charge < -0.3 is 15.4 Å². The summed E-state index contributed by atoms with van der Waals surface area (Å²) < 4.78 is 5.28. The molecule has 4 heteroatoms. The summed E-state index contributed by atoms with van der Waals surface area (Å²) in [5.41, 5.74) is -0.448. The van der Waals surface area contributed by atoms with Gasteiger partial charge in [0.2, 0.25) is 0 Å². The van der Waals surface area contributed by atoms with Crippen LogP contribution in [0, 0.1) is 11.8 Å². The van der Waals surface area contributed by atoms with Crippen LogP contribution < -0.4 is 10.6 Å². The van der Waals surface area contributed by atoms with Crippen LogP contribution in [-0.4, -0.2) is 30.3 Å². The molecule has 0 saturated carbocycles. The summed E-state index contributed by atoms with van der Waals surface area (Å²) in [7, 11) is 0. The molecule has 0 aliphatic heterocycles. The van der Waals surface area contributed by atoms with E-state index in [1.165, 1.54) is 0 Å². The van der Waals surface area contributed by atoms with E-state index in [0.717, 1.165) is 12.8 Å². The summed E-state index contributed by atoms with van der Waals surface area (Å²) in [6.07, 6.45) is 1.84. The maximum atomic E-state index is 11.8. The summed E-state index contributed by atoms with van der Waals surface area (Å²) in [6, 6.07) is 0.737. The smallest absolute Gasteiger partial charge is 0.407 e. The molecular weight excluding hydrogens is 264 g/mol. The molecule has 0 spiro atoms. The molecule has 0 bridgehead atoms. The summed E-state index contributed by atoms with van der Waals surface area (Å²) in [5, 5.41) is 6.51. The van der Waals surface area contributed by atoms with E-state index in [2.05, 4.69) is 45.3 Å². The van der Waals surface area contributed by atoms with Crippen molar-refractivity contribution >= 4 is 6.09 Å². The standard InChI is InChI=1S/C17H36N2O2/c1-12(2)9-14(5)19-15(10-13(3)4)11-18-16(20)21-17(6,7)8/h12-15,19H,9-11H2,1-8H3,(H,18,20). The lowest BCUT2D eigenvalue weighted by Gasteiger charge is -2.27. The second-order valence-electron chi connectivity index (χ2n) is 7.91. The van der Waals surface area contributed by atoms with E-state index in [1.54, 1.807) is 0 Å². The first kappa shape index (κ1) is 20.2. The van der Waals surface area contributed by atoms with Crippen LogP contribution in [0.15, 0.2) is 0 Å². The molecule has 2 atom stereocenters. The first-order valence-electron chi connectivity index (χ1n) is 8.22. The fourth-order valence-corrected chi connectivity index (χ4v) is 2.48. The molecule has 0 radical (unpaired) electrons. The molecule has 0 saturated heterocycles. The summed E-state index contributed by atoms with van der Waals surface area (Å²) in [5.74, 6) is 1.26. The molecule has 0 aromatic heterocycles. The van der Waals surface area contributed by atoms with Gasteiger partial charge in [-0.05, 0) is 52.4 Å². The third-order valence-corrected chi connectivity index (χ3v) is 2.99. The van der Waals surface area contributed by atoms with Gasteiger partial charge in [-0.15, -0.1) is 0 Å². The molecular formula is C17H36N2O2. The highest BCUT2D eigenvalue weighted by Crippen LogP contribution is 2.10. The Morgan fingerprint density at radius 1 is 1.00 bits per heavy atom. The molecule has 126 valence electrons. The van der Waals surface area contributed by atoms with Crippen LogP contribution in [0.3, 0.4) is 0 Å². The van der Waals surface area contributed by atoms with Crippen LogP contribution >= 0.6 is 0 Å². The van der Waals surface area contributed by atoms with Crippen molar-refractivity contribution < 1.29 is 9.53 Å². The van der Waals surface area contributed by atoms with Crippen molar-refractivity contribution in [2.75, 3.05) is 6.54 Å². The lowest BCUT2D eigenvalue weighted by molar-refractivity contribution is 0.0519. The SMILES string of the molecule is CC(C)CC(C)NC(CNC(=O)OC(C)(C)C)CC(C)C. The van der Waals surface area contributed by atoms with Gasteiger partial charge in [-0.25, -0.2) is 4.79 Å². The van der Waals surface area contributed by atoms with Crippen LogP contribution in [0.2, 0.25) is 0 Å². The predicted octanol–water partition coefficient (Wildman–Crippen LogP) is 3.95. The van der Waals surface area contributed by atoms with Crippen molar-refractivity contribution in [1.82, 2.24) is 10.6 Å². The van der Waals surface area contributed by atoms with Crippen molar-refractivity contribution in [2.45, 2.75) is 85.9 Å². The quantitative estimate of drug-likeness (QED) is 0.713. The van der Waals surface area contributed by atoms with Crippen molar-refractivity contribution in [2.24, 2.45) is 11.8 Å². The molecule has 2 N–H and O–H groups in total. The van der Waals surface area contributed by atoms with E-state index >= 15 is 0 Å². The Labute approximate surface area is 131 Å². The average Bonchev–Trinajstić information content (AvgIpc) is 2.21. The Kier molecular flexibility index (Phi) is 8.95. The van der Waals surface area contributed by atoms with Gasteiger partial charge in [0, 0.05) is 18.6 Å². The minimum atomic E-state index is -0.448. The topological polar surface area (TPSA) is 50.4 Å². The van der Waals surface area contributed by atoms with Gasteiger partial charge in [-0.2, -0.15) is 0 Å². The highest BCUT2D eigenvalue weighted by Gasteiger charge is 2.19. The molecule has 0 aromatic rings. The lowest BCUT2D eigenvalue weighted by atomic mass is 10.0. The van der Waals surface area contributed by atoms with Crippen LogP contribution in [0.25, 0.3) is 0 Å². The van der Waals surface area contributed by atoms with E-state index in [1.807, 2.05) is 20.8 Å². The molecule has 0 fully saturated rings. The molecule has 0 heterocycles. The number of alkyl carbamates (subject to hydrolysis) is 1. The molecule has 0 aliphatic rings. The number of amides is 1. The number of rotatable bonds is 8. The van der Waals surface area contributed by atoms with Crippen LogP contribution in [0.5, 0.6) is 0 Å². The number of hydrogen-bond acceptors (Lipinski definition) is 3. The Balaban J connectivity index is 4.33. The van der Waals surface area contributed by atoms with Crippen LogP contribution in [0.1, 0.15) is 68.2 Å². The van der Waals surface area contributed by atoms with Crippen molar-refractivity contribution in [3.05, 3.63) is 0 Å². The van der Waals surface area contributed by atoms with Gasteiger partial charge in [0.05, 0.1) is 0 Å². The van der Waals surface area contributed by atoms with E-state index in [9.17, 15) is 4.79 Å². The van der Waals surface area contributed by atoms with Gasteiger partial charge in [-0.1, -0.05) is 27.7 Å². The molecule has 4 nitrogen and oxygen atoms in total. The van der Waals surface area contributed by atoms with E-state index in [4.69, 9.17) is 4.74 Å². The zero-order chi connectivity index (χ0) is 16.6. The van der Waals surface area contributed by atoms with Crippen molar-refractivity contribution in [3.8, 4) is 0 Å². The molecule has 21 heavy (non-hydrogen) atoms. The Hall–Kier alpha value is -0.770. The fraction of sp³-hybridized carbons (Fsp3) is 0.941. The average molecular weight is 300 g/mol. The highest BCUT2D eigenvalue weighted by atomic mass is 16.6. The fourth-order valence-electron chi connectivity index (χ4n) is 2.48. The maximum absolute atomic E-state index is 11.8. The van der Waals surface area contributed by atoms with Crippen molar-refractivity contribution in [1.29, 1.82) is 0 Å². The first-order valence-corrected chi connectivity index (χ1v) is 8.22. The number of ether oxygens (including phenoxy) is 1. The van der Waals surface area contributed by atoms with Gasteiger partial charge in [0.1, 0.15) is 5.60 Å². The molecule has 0 aliphatic carbocycles. The number of hydrogen-bond donors (Lipinski definition) is 2.